The van der Waals surface area contributed by atoms with Crippen molar-refractivity contribution >= 4 is 6.08 Å². The summed E-state index contributed by atoms with van der Waals surface area (Å²) in [5, 5.41) is 4.08. The fourth-order valence-electron chi connectivity index (χ4n) is 2.31. The van der Waals surface area contributed by atoms with E-state index in [4.69, 9.17) is 4.52 Å². The first-order chi connectivity index (χ1) is 11.7. The summed E-state index contributed by atoms with van der Waals surface area (Å²) < 4.78 is 18.2. The maximum atomic E-state index is 12.9. The smallest absolute Gasteiger partial charge is 0.151 e. The second-order valence-electron chi connectivity index (χ2n) is 5.57. The minimum absolute atomic E-state index is 0.223. The highest BCUT2D eigenvalue weighted by atomic mass is 19.1. The van der Waals surface area contributed by atoms with Crippen molar-refractivity contribution in [1.82, 2.24) is 15.0 Å². The Morgan fingerprint density at radius 2 is 2.04 bits per heavy atom. The molecule has 0 N–H and O–H groups in total. The summed E-state index contributed by atoms with van der Waals surface area (Å²) >= 11 is 0. The lowest BCUT2D eigenvalue weighted by atomic mass is 10.2. The molecule has 0 amide bonds. The number of hydrogen-bond acceptors (Lipinski definition) is 4. The molecule has 0 aliphatic carbocycles. The first-order valence-corrected chi connectivity index (χ1v) is 7.67. The molecule has 0 atom stereocenters. The number of pyridine rings is 1. The molecule has 3 aromatic rings. The van der Waals surface area contributed by atoms with Gasteiger partial charge in [-0.25, -0.2) is 4.39 Å². The van der Waals surface area contributed by atoms with Gasteiger partial charge < -0.3 is 4.52 Å². The van der Waals surface area contributed by atoms with Crippen LogP contribution in [0.3, 0.4) is 0 Å². The fraction of sp³-hybridized carbons (Fsp3) is 0.158. The van der Waals surface area contributed by atoms with E-state index in [0.29, 0.717) is 6.54 Å². The predicted molar refractivity (Wildman–Crippen MR) is 91.5 cm³/mol. The molecule has 0 unspecified atom stereocenters. The minimum atomic E-state index is -0.223. The normalized spacial score (nSPS) is 11.5. The third-order valence-corrected chi connectivity index (χ3v) is 3.54. The molecule has 0 aliphatic rings. The number of halogens is 1. The summed E-state index contributed by atoms with van der Waals surface area (Å²) in [5.74, 6) is 0.575. The van der Waals surface area contributed by atoms with Crippen molar-refractivity contribution in [2.75, 3.05) is 13.6 Å². The van der Waals surface area contributed by atoms with Crippen LogP contribution in [-0.4, -0.2) is 28.6 Å². The SMILES string of the molecule is CN(C/C=C/c1ccc(F)cc1)Cc1cc(-c2cccnc2)no1. The van der Waals surface area contributed by atoms with Crippen LogP contribution in [0, 0.1) is 5.82 Å². The fourth-order valence-corrected chi connectivity index (χ4v) is 2.31. The van der Waals surface area contributed by atoms with Gasteiger partial charge in [0.05, 0.1) is 6.54 Å². The first kappa shape index (κ1) is 16.1. The molecule has 4 nitrogen and oxygen atoms in total. The zero-order valence-corrected chi connectivity index (χ0v) is 13.4. The summed E-state index contributed by atoms with van der Waals surface area (Å²) in [6.45, 7) is 1.40. The molecule has 0 bridgehead atoms. The van der Waals surface area contributed by atoms with Gasteiger partial charge in [0.2, 0.25) is 0 Å². The molecule has 0 saturated carbocycles. The molecule has 122 valence electrons. The lowest BCUT2D eigenvalue weighted by Gasteiger charge is -2.11. The highest BCUT2D eigenvalue weighted by Gasteiger charge is 2.08. The Morgan fingerprint density at radius 1 is 1.21 bits per heavy atom. The highest BCUT2D eigenvalue weighted by molar-refractivity contribution is 5.57. The molecule has 1 aromatic carbocycles. The highest BCUT2D eigenvalue weighted by Crippen LogP contribution is 2.18. The molecule has 5 heteroatoms. The summed E-state index contributed by atoms with van der Waals surface area (Å²) in [4.78, 5) is 6.19. The topological polar surface area (TPSA) is 42.2 Å². The third kappa shape index (κ3) is 4.36. The zero-order chi connectivity index (χ0) is 16.8. The lowest BCUT2D eigenvalue weighted by molar-refractivity contribution is 0.293. The second-order valence-corrected chi connectivity index (χ2v) is 5.57. The molecule has 0 radical (unpaired) electrons. The zero-order valence-electron chi connectivity index (χ0n) is 13.4. The van der Waals surface area contributed by atoms with E-state index >= 15 is 0 Å². The number of benzene rings is 1. The Labute approximate surface area is 140 Å². The van der Waals surface area contributed by atoms with Crippen molar-refractivity contribution in [1.29, 1.82) is 0 Å². The van der Waals surface area contributed by atoms with Gasteiger partial charge in [-0.3, -0.25) is 9.88 Å². The molecule has 0 spiro atoms. The summed E-state index contributed by atoms with van der Waals surface area (Å²) in [5.41, 5.74) is 2.70. The summed E-state index contributed by atoms with van der Waals surface area (Å²) in [6.07, 6.45) is 7.49. The number of hydrogen-bond donors (Lipinski definition) is 0. The number of aromatic nitrogens is 2. The molecule has 2 heterocycles. The van der Waals surface area contributed by atoms with Crippen molar-refractivity contribution in [3.63, 3.8) is 0 Å². The van der Waals surface area contributed by atoms with Crippen LogP contribution in [0.1, 0.15) is 11.3 Å². The van der Waals surface area contributed by atoms with E-state index in [1.54, 1.807) is 24.5 Å². The Kier molecular flexibility index (Phi) is 5.13. The largest absolute Gasteiger partial charge is 0.359 e. The van der Waals surface area contributed by atoms with Gasteiger partial charge in [0.25, 0.3) is 0 Å². The maximum absolute atomic E-state index is 12.9. The van der Waals surface area contributed by atoms with Crippen LogP contribution in [0.4, 0.5) is 4.39 Å². The van der Waals surface area contributed by atoms with Crippen LogP contribution in [0.15, 0.2) is 65.5 Å². The second kappa shape index (κ2) is 7.66. The molecule has 0 aliphatic heterocycles. The number of rotatable bonds is 6. The molecule has 3 rings (SSSR count). The Bertz CT molecular complexity index is 797. The van der Waals surface area contributed by atoms with Gasteiger partial charge >= 0.3 is 0 Å². The maximum Gasteiger partial charge on any atom is 0.151 e. The summed E-state index contributed by atoms with van der Waals surface area (Å²) in [7, 11) is 2.00. The monoisotopic (exact) mass is 323 g/mol. The molecular weight excluding hydrogens is 305 g/mol. The van der Waals surface area contributed by atoms with E-state index in [0.717, 1.165) is 29.1 Å². The average molecular weight is 323 g/mol. The Morgan fingerprint density at radius 3 is 2.79 bits per heavy atom. The minimum Gasteiger partial charge on any atom is -0.359 e. The molecule has 2 aromatic heterocycles. The van der Waals surface area contributed by atoms with Crippen LogP contribution in [0.5, 0.6) is 0 Å². The van der Waals surface area contributed by atoms with E-state index in [9.17, 15) is 4.39 Å². The van der Waals surface area contributed by atoms with E-state index < -0.39 is 0 Å². The third-order valence-electron chi connectivity index (χ3n) is 3.54. The van der Waals surface area contributed by atoms with Gasteiger partial charge in [0, 0.05) is 30.6 Å². The average Bonchev–Trinajstić information content (AvgIpc) is 3.06. The van der Waals surface area contributed by atoms with Gasteiger partial charge in [-0.15, -0.1) is 0 Å². The summed E-state index contributed by atoms with van der Waals surface area (Å²) in [6, 6.07) is 12.2. The van der Waals surface area contributed by atoms with Crippen LogP contribution in [-0.2, 0) is 6.54 Å². The predicted octanol–water partition coefficient (Wildman–Crippen LogP) is 4.02. The van der Waals surface area contributed by atoms with Gasteiger partial charge in [-0.2, -0.15) is 0 Å². The van der Waals surface area contributed by atoms with E-state index in [-0.39, 0.29) is 5.82 Å². The van der Waals surface area contributed by atoms with Crippen molar-refractivity contribution in [2.24, 2.45) is 0 Å². The van der Waals surface area contributed by atoms with Crippen LogP contribution < -0.4 is 0 Å². The number of nitrogens with zero attached hydrogens (tertiary/aromatic N) is 3. The van der Waals surface area contributed by atoms with Crippen LogP contribution >= 0.6 is 0 Å². The molecular formula is C19H18FN3O. The first-order valence-electron chi connectivity index (χ1n) is 7.67. The number of likely N-dealkylation sites (N-methyl/N-ethyl adjacent to an activating group) is 1. The van der Waals surface area contributed by atoms with Gasteiger partial charge in [-0.05, 0) is 36.9 Å². The Hall–Kier alpha value is -2.79. The van der Waals surface area contributed by atoms with Crippen molar-refractivity contribution < 1.29 is 8.91 Å². The quantitative estimate of drug-likeness (QED) is 0.687. The molecule has 0 fully saturated rings. The standard InChI is InChI=1S/C19H18FN3O/c1-23(11-3-4-15-6-8-17(20)9-7-15)14-18-12-19(22-24-18)16-5-2-10-21-13-16/h2-10,12-13H,11,14H2,1H3/b4-3+. The van der Waals surface area contributed by atoms with Crippen molar-refractivity contribution in [3.8, 4) is 11.3 Å². The Balaban J connectivity index is 1.54. The van der Waals surface area contributed by atoms with Gasteiger partial charge in [0.1, 0.15) is 11.5 Å². The van der Waals surface area contributed by atoms with Crippen LogP contribution in [0.25, 0.3) is 17.3 Å². The van der Waals surface area contributed by atoms with Gasteiger partial charge in [-0.1, -0.05) is 29.4 Å². The lowest BCUT2D eigenvalue weighted by Crippen LogP contribution is -2.17. The van der Waals surface area contributed by atoms with E-state index in [1.807, 2.05) is 37.4 Å². The van der Waals surface area contributed by atoms with Crippen molar-refractivity contribution in [3.05, 3.63) is 78.1 Å². The van der Waals surface area contributed by atoms with E-state index in [2.05, 4.69) is 15.0 Å². The van der Waals surface area contributed by atoms with Crippen LogP contribution in [0.2, 0.25) is 0 Å². The molecule has 24 heavy (non-hydrogen) atoms. The van der Waals surface area contributed by atoms with E-state index in [1.165, 1.54) is 12.1 Å². The molecule has 0 saturated heterocycles. The van der Waals surface area contributed by atoms with Crippen molar-refractivity contribution in [2.45, 2.75) is 6.54 Å². The van der Waals surface area contributed by atoms with Gasteiger partial charge in [0.15, 0.2) is 5.76 Å².